The molecule has 0 aliphatic carbocycles. The Morgan fingerprint density at radius 3 is 2.91 bits per heavy atom. The summed E-state index contributed by atoms with van der Waals surface area (Å²) in [6.07, 6.45) is 2.86. The quantitative estimate of drug-likeness (QED) is 0.693. The number of hydrogen-bond donors (Lipinski definition) is 0. The van der Waals surface area contributed by atoms with E-state index in [-0.39, 0.29) is 0 Å². The second kappa shape index (κ2) is 7.54. The van der Waals surface area contributed by atoms with E-state index in [0.29, 0.717) is 18.4 Å². The molecule has 1 amide bonds. The molecule has 4 heteroatoms. The smallest absolute Gasteiger partial charge is 0.223 e. The van der Waals surface area contributed by atoms with Crippen molar-refractivity contribution in [2.24, 2.45) is 0 Å². The van der Waals surface area contributed by atoms with Crippen molar-refractivity contribution in [2.75, 3.05) is 12.3 Å². The van der Waals surface area contributed by atoms with E-state index in [1.54, 1.807) is 23.1 Å². The van der Waals surface area contributed by atoms with Crippen LogP contribution in [0.25, 0.3) is 0 Å². The Bertz CT molecular complexity index is 666. The first kappa shape index (κ1) is 16.6. The van der Waals surface area contributed by atoms with Crippen LogP contribution < -0.4 is 0 Å². The Morgan fingerprint density at radius 1 is 1.30 bits per heavy atom. The molecule has 0 N–H and O–H groups in total. The third-order valence-electron chi connectivity index (χ3n) is 4.51. The number of thioether (sulfide) groups is 1. The van der Waals surface area contributed by atoms with Crippen molar-refractivity contribution in [3.8, 4) is 0 Å². The van der Waals surface area contributed by atoms with Crippen molar-refractivity contribution >= 4 is 29.0 Å². The Balaban J connectivity index is 1.53. The van der Waals surface area contributed by atoms with Crippen molar-refractivity contribution in [1.82, 2.24) is 4.90 Å². The first-order valence-corrected chi connectivity index (χ1v) is 10.0. The Hall–Kier alpha value is -1.26. The van der Waals surface area contributed by atoms with Gasteiger partial charge in [-0.25, -0.2) is 0 Å². The molecule has 122 valence electrons. The molecule has 1 atom stereocenters. The van der Waals surface area contributed by atoms with Crippen molar-refractivity contribution in [3.63, 3.8) is 0 Å². The lowest BCUT2D eigenvalue weighted by Gasteiger charge is -2.24. The lowest BCUT2D eigenvalue weighted by atomic mass is 10.1. The summed E-state index contributed by atoms with van der Waals surface area (Å²) < 4.78 is 0. The Kier molecular flexibility index (Phi) is 5.44. The molecule has 1 aliphatic heterocycles. The molecule has 2 aromatic rings. The fourth-order valence-corrected chi connectivity index (χ4v) is 4.86. The van der Waals surface area contributed by atoms with E-state index >= 15 is 0 Å². The molecule has 1 fully saturated rings. The van der Waals surface area contributed by atoms with Gasteiger partial charge in [0.1, 0.15) is 0 Å². The predicted molar refractivity (Wildman–Crippen MR) is 99.3 cm³/mol. The Labute approximate surface area is 146 Å². The molecule has 0 spiro atoms. The summed E-state index contributed by atoms with van der Waals surface area (Å²) in [5.74, 6) is 1.16. The van der Waals surface area contributed by atoms with Crippen LogP contribution in [0, 0.1) is 13.8 Å². The van der Waals surface area contributed by atoms with E-state index in [4.69, 9.17) is 0 Å². The summed E-state index contributed by atoms with van der Waals surface area (Å²) >= 11 is 3.55. The second-order valence-electron chi connectivity index (χ2n) is 6.11. The Morgan fingerprint density at radius 2 is 2.17 bits per heavy atom. The molecule has 1 aromatic carbocycles. The van der Waals surface area contributed by atoms with Crippen LogP contribution in [0.15, 0.2) is 40.6 Å². The molecule has 1 unspecified atom stereocenters. The molecule has 1 aromatic heterocycles. The number of carbonyl (C=O) groups excluding carboxylic acids is 1. The van der Waals surface area contributed by atoms with E-state index in [2.05, 4.69) is 54.5 Å². The number of aryl methyl sites for hydroxylation is 2. The number of benzene rings is 1. The highest BCUT2D eigenvalue weighted by Gasteiger charge is 2.29. The van der Waals surface area contributed by atoms with Gasteiger partial charge in [-0.05, 0) is 61.4 Å². The van der Waals surface area contributed by atoms with E-state index in [9.17, 15) is 4.79 Å². The second-order valence-corrected chi connectivity index (χ2v) is 8.25. The van der Waals surface area contributed by atoms with E-state index < -0.39 is 0 Å². The van der Waals surface area contributed by atoms with Crippen molar-refractivity contribution in [2.45, 2.75) is 44.0 Å². The van der Waals surface area contributed by atoms with Gasteiger partial charge in [-0.1, -0.05) is 12.1 Å². The minimum Gasteiger partial charge on any atom is -0.335 e. The van der Waals surface area contributed by atoms with Crippen LogP contribution in [-0.4, -0.2) is 23.1 Å². The number of likely N-dealkylation sites (tertiary alicyclic amines) is 1. The summed E-state index contributed by atoms with van der Waals surface area (Å²) in [4.78, 5) is 17.3. The van der Waals surface area contributed by atoms with Crippen LogP contribution >= 0.6 is 23.1 Å². The first-order valence-electron chi connectivity index (χ1n) is 8.18. The third kappa shape index (κ3) is 3.99. The summed E-state index contributed by atoms with van der Waals surface area (Å²) in [6, 6.07) is 11.1. The van der Waals surface area contributed by atoms with Crippen molar-refractivity contribution in [1.29, 1.82) is 0 Å². The molecule has 2 nitrogen and oxygen atoms in total. The minimum absolute atomic E-state index is 0.303. The lowest BCUT2D eigenvalue weighted by Crippen LogP contribution is -2.30. The van der Waals surface area contributed by atoms with Crippen LogP contribution in [0.2, 0.25) is 0 Å². The molecule has 0 saturated carbocycles. The predicted octanol–water partition coefficient (Wildman–Crippen LogP) is 5.21. The SMILES string of the molecule is Cc1ccc(SCCC(=O)N2CCCC2c2cccs2)cc1C. The van der Waals surface area contributed by atoms with Gasteiger partial charge in [0.15, 0.2) is 0 Å². The van der Waals surface area contributed by atoms with Crippen molar-refractivity contribution < 1.29 is 4.79 Å². The summed E-state index contributed by atoms with van der Waals surface area (Å²) in [6.45, 7) is 5.18. The molecular formula is C19H23NOS2. The van der Waals surface area contributed by atoms with Crippen LogP contribution in [0.5, 0.6) is 0 Å². The maximum atomic E-state index is 12.6. The average Bonchev–Trinajstić information content (AvgIpc) is 3.20. The highest BCUT2D eigenvalue weighted by molar-refractivity contribution is 7.99. The molecular weight excluding hydrogens is 322 g/mol. The maximum Gasteiger partial charge on any atom is 0.223 e. The van der Waals surface area contributed by atoms with Gasteiger partial charge in [0.2, 0.25) is 5.91 Å². The van der Waals surface area contributed by atoms with Gasteiger partial charge in [-0.3, -0.25) is 4.79 Å². The molecule has 1 aliphatic rings. The third-order valence-corrected chi connectivity index (χ3v) is 6.48. The number of hydrogen-bond acceptors (Lipinski definition) is 3. The number of rotatable bonds is 5. The topological polar surface area (TPSA) is 20.3 Å². The highest BCUT2D eigenvalue weighted by Crippen LogP contribution is 2.35. The highest BCUT2D eigenvalue weighted by atomic mass is 32.2. The zero-order valence-electron chi connectivity index (χ0n) is 13.7. The fourth-order valence-electron chi connectivity index (χ4n) is 3.05. The van der Waals surface area contributed by atoms with Crippen LogP contribution in [-0.2, 0) is 4.79 Å². The van der Waals surface area contributed by atoms with Gasteiger partial charge in [0.25, 0.3) is 0 Å². The number of amides is 1. The van der Waals surface area contributed by atoms with Gasteiger partial charge >= 0.3 is 0 Å². The minimum atomic E-state index is 0.303. The van der Waals surface area contributed by atoms with Gasteiger partial charge in [-0.15, -0.1) is 23.1 Å². The standard InChI is InChI=1S/C19H23NOS2/c1-14-7-8-16(13-15(14)2)22-12-9-19(21)20-10-3-5-17(20)18-6-4-11-23-18/h4,6-8,11,13,17H,3,5,9-10,12H2,1-2H3. The van der Waals surface area contributed by atoms with Gasteiger partial charge < -0.3 is 4.90 Å². The maximum absolute atomic E-state index is 12.6. The zero-order chi connectivity index (χ0) is 16.2. The molecule has 0 bridgehead atoms. The summed E-state index contributed by atoms with van der Waals surface area (Å²) in [7, 11) is 0. The fraction of sp³-hybridized carbons (Fsp3) is 0.421. The number of thiophene rings is 1. The van der Waals surface area contributed by atoms with Gasteiger partial charge in [0, 0.05) is 28.5 Å². The first-order chi connectivity index (χ1) is 11.1. The summed E-state index contributed by atoms with van der Waals surface area (Å²) in [5, 5.41) is 2.10. The largest absolute Gasteiger partial charge is 0.335 e. The van der Waals surface area contributed by atoms with Crippen molar-refractivity contribution in [3.05, 3.63) is 51.7 Å². The molecule has 3 rings (SSSR count). The lowest BCUT2D eigenvalue weighted by molar-refractivity contribution is -0.131. The molecule has 1 saturated heterocycles. The summed E-state index contributed by atoms with van der Waals surface area (Å²) in [5.41, 5.74) is 2.64. The molecule has 23 heavy (non-hydrogen) atoms. The normalized spacial score (nSPS) is 17.7. The molecule has 2 heterocycles. The van der Waals surface area contributed by atoms with E-state index in [1.165, 1.54) is 20.9 Å². The van der Waals surface area contributed by atoms with Gasteiger partial charge in [-0.2, -0.15) is 0 Å². The average molecular weight is 346 g/mol. The van der Waals surface area contributed by atoms with Crippen LogP contribution in [0.4, 0.5) is 0 Å². The number of nitrogens with zero attached hydrogens (tertiary/aromatic N) is 1. The monoisotopic (exact) mass is 345 g/mol. The molecule has 0 radical (unpaired) electrons. The van der Waals surface area contributed by atoms with E-state index in [0.717, 1.165) is 25.1 Å². The van der Waals surface area contributed by atoms with Crippen LogP contribution in [0.1, 0.15) is 41.3 Å². The number of carbonyl (C=O) groups is 1. The zero-order valence-corrected chi connectivity index (χ0v) is 15.4. The van der Waals surface area contributed by atoms with Crippen LogP contribution in [0.3, 0.4) is 0 Å². The van der Waals surface area contributed by atoms with Gasteiger partial charge in [0.05, 0.1) is 6.04 Å². The van der Waals surface area contributed by atoms with E-state index in [1.807, 2.05) is 0 Å².